The monoisotopic (exact) mass is 320 g/mol. The molecule has 1 atom stereocenters. The van der Waals surface area contributed by atoms with Crippen LogP contribution in [0.2, 0.25) is 0 Å². The van der Waals surface area contributed by atoms with Crippen LogP contribution in [0, 0.1) is 5.41 Å². The van der Waals surface area contributed by atoms with Crippen LogP contribution in [0.5, 0.6) is 0 Å². The van der Waals surface area contributed by atoms with Gasteiger partial charge in [-0.25, -0.2) is 0 Å². The fourth-order valence-corrected chi connectivity index (χ4v) is 3.14. The number of alkyl halides is 3. The van der Waals surface area contributed by atoms with Gasteiger partial charge in [0.05, 0.1) is 13.0 Å². The molecule has 8 heteroatoms. The fraction of sp³-hybridized carbons (Fsp3) is 0.857. The van der Waals surface area contributed by atoms with Crippen molar-refractivity contribution in [2.45, 2.75) is 38.8 Å². The van der Waals surface area contributed by atoms with Crippen molar-refractivity contribution in [2.75, 3.05) is 32.7 Å². The van der Waals surface area contributed by atoms with E-state index in [-0.39, 0.29) is 17.9 Å². The summed E-state index contributed by atoms with van der Waals surface area (Å²) in [4.78, 5) is 17.6. The number of carbonyl (C=O) groups is 1. The predicted molar refractivity (Wildman–Crippen MR) is 77.5 cm³/mol. The number of amides is 1. The van der Waals surface area contributed by atoms with E-state index in [9.17, 15) is 18.0 Å². The number of piperidine rings is 1. The van der Waals surface area contributed by atoms with Crippen LogP contribution in [0.4, 0.5) is 13.2 Å². The Morgan fingerprint density at radius 2 is 2.27 bits per heavy atom. The Labute approximate surface area is 128 Å². The molecule has 0 aliphatic carbocycles. The van der Waals surface area contributed by atoms with E-state index in [1.165, 1.54) is 0 Å². The van der Waals surface area contributed by atoms with Crippen molar-refractivity contribution >= 4 is 11.9 Å². The number of carbonyl (C=O) groups excluding carboxylic acids is 1. The first-order valence-electron chi connectivity index (χ1n) is 7.70. The maximum Gasteiger partial charge on any atom is 0.390 e. The van der Waals surface area contributed by atoms with Crippen molar-refractivity contribution < 1.29 is 18.0 Å². The minimum atomic E-state index is -4.19. The van der Waals surface area contributed by atoms with Crippen LogP contribution in [0.3, 0.4) is 0 Å². The second-order valence-electron chi connectivity index (χ2n) is 6.08. The summed E-state index contributed by atoms with van der Waals surface area (Å²) in [6, 6.07) is 0. The van der Waals surface area contributed by atoms with Gasteiger partial charge in [0.15, 0.2) is 5.96 Å². The quantitative estimate of drug-likeness (QED) is 0.612. The third-order valence-corrected chi connectivity index (χ3v) is 4.15. The summed E-state index contributed by atoms with van der Waals surface area (Å²) in [5.74, 6) is 0.575. The highest BCUT2D eigenvalue weighted by molar-refractivity contribution is 5.81. The Kier molecular flexibility index (Phi) is 5.18. The molecule has 1 amide bonds. The van der Waals surface area contributed by atoms with Gasteiger partial charge < -0.3 is 15.5 Å². The molecule has 1 spiro atoms. The molecule has 2 fully saturated rings. The molecule has 126 valence electrons. The van der Waals surface area contributed by atoms with Crippen LogP contribution < -0.4 is 10.6 Å². The number of likely N-dealkylation sites (tertiary alicyclic amines) is 1. The molecule has 1 unspecified atom stereocenters. The summed E-state index contributed by atoms with van der Waals surface area (Å²) in [6.07, 6.45) is -2.74. The minimum Gasteiger partial charge on any atom is -0.357 e. The normalized spacial score (nSPS) is 26.5. The number of aliphatic imine (C=N–C) groups is 1. The molecule has 2 aliphatic rings. The van der Waals surface area contributed by atoms with Crippen LogP contribution >= 0.6 is 0 Å². The smallest absolute Gasteiger partial charge is 0.357 e. The van der Waals surface area contributed by atoms with E-state index in [1.54, 1.807) is 0 Å². The summed E-state index contributed by atoms with van der Waals surface area (Å²) < 4.78 is 36.8. The molecule has 2 N–H and O–H groups in total. The topological polar surface area (TPSA) is 56.7 Å². The number of rotatable bonds is 3. The van der Waals surface area contributed by atoms with Gasteiger partial charge in [0, 0.05) is 38.0 Å². The van der Waals surface area contributed by atoms with Gasteiger partial charge in [0.2, 0.25) is 5.91 Å². The van der Waals surface area contributed by atoms with Crippen LogP contribution in [0.1, 0.15) is 32.6 Å². The first kappa shape index (κ1) is 16.9. The molecular weight excluding hydrogens is 297 g/mol. The zero-order chi connectivity index (χ0) is 16.2. The van der Waals surface area contributed by atoms with Gasteiger partial charge in [-0.1, -0.05) is 0 Å². The molecule has 0 aromatic rings. The van der Waals surface area contributed by atoms with E-state index in [2.05, 4.69) is 15.6 Å². The lowest BCUT2D eigenvalue weighted by atomic mass is 9.79. The van der Waals surface area contributed by atoms with Gasteiger partial charge in [-0.15, -0.1) is 0 Å². The van der Waals surface area contributed by atoms with Gasteiger partial charge in [-0.3, -0.25) is 9.79 Å². The second-order valence-corrected chi connectivity index (χ2v) is 6.08. The largest absolute Gasteiger partial charge is 0.390 e. The van der Waals surface area contributed by atoms with Crippen molar-refractivity contribution in [3.8, 4) is 0 Å². The highest BCUT2D eigenvalue weighted by Gasteiger charge is 2.42. The third-order valence-electron chi connectivity index (χ3n) is 4.15. The Hall–Kier alpha value is -1.47. The van der Waals surface area contributed by atoms with Crippen molar-refractivity contribution in [1.82, 2.24) is 15.5 Å². The molecule has 0 radical (unpaired) electrons. The standard InChI is InChI=1S/C14H23F3N4O/c1-2-18-12(19-6-5-14(15,16)17)21-7-3-4-13(10-21)8-11(22)20-9-13/h2-10H2,1H3,(H,18,19)(H,20,22). The van der Waals surface area contributed by atoms with Crippen molar-refractivity contribution in [3.63, 3.8) is 0 Å². The molecular formula is C14H23F3N4O. The van der Waals surface area contributed by atoms with Crippen LogP contribution in [-0.2, 0) is 4.79 Å². The summed E-state index contributed by atoms with van der Waals surface area (Å²) in [5.41, 5.74) is -0.102. The SMILES string of the molecule is CCNC(=NCCC(F)(F)F)N1CCCC2(CNC(=O)C2)C1. The van der Waals surface area contributed by atoms with Gasteiger partial charge in [0.25, 0.3) is 0 Å². The maximum atomic E-state index is 12.3. The number of halogens is 3. The van der Waals surface area contributed by atoms with E-state index in [1.807, 2.05) is 11.8 Å². The lowest BCUT2D eigenvalue weighted by Gasteiger charge is -2.40. The maximum absolute atomic E-state index is 12.3. The Morgan fingerprint density at radius 3 is 2.86 bits per heavy atom. The van der Waals surface area contributed by atoms with Gasteiger partial charge >= 0.3 is 6.18 Å². The molecule has 5 nitrogen and oxygen atoms in total. The Morgan fingerprint density at radius 1 is 1.50 bits per heavy atom. The molecule has 0 aromatic heterocycles. The van der Waals surface area contributed by atoms with Crippen LogP contribution in [-0.4, -0.2) is 55.7 Å². The Balaban J connectivity index is 2.01. The molecule has 2 aliphatic heterocycles. The molecule has 0 saturated carbocycles. The number of hydrogen-bond acceptors (Lipinski definition) is 2. The highest BCUT2D eigenvalue weighted by atomic mass is 19.4. The summed E-state index contributed by atoms with van der Waals surface area (Å²) in [7, 11) is 0. The average molecular weight is 320 g/mol. The number of nitrogens with zero attached hydrogens (tertiary/aromatic N) is 2. The molecule has 2 heterocycles. The number of hydrogen-bond donors (Lipinski definition) is 2. The zero-order valence-corrected chi connectivity index (χ0v) is 12.8. The molecule has 0 aromatic carbocycles. The third kappa shape index (κ3) is 4.51. The zero-order valence-electron chi connectivity index (χ0n) is 12.8. The highest BCUT2D eigenvalue weighted by Crippen LogP contribution is 2.36. The molecule has 2 rings (SSSR count). The van der Waals surface area contributed by atoms with Crippen molar-refractivity contribution in [2.24, 2.45) is 10.4 Å². The van der Waals surface area contributed by atoms with Crippen molar-refractivity contribution in [1.29, 1.82) is 0 Å². The lowest BCUT2D eigenvalue weighted by Crippen LogP contribution is -2.51. The van der Waals surface area contributed by atoms with E-state index >= 15 is 0 Å². The van der Waals surface area contributed by atoms with Gasteiger partial charge in [-0.2, -0.15) is 13.2 Å². The van der Waals surface area contributed by atoms with Crippen LogP contribution in [0.25, 0.3) is 0 Å². The molecule has 0 bridgehead atoms. The van der Waals surface area contributed by atoms with Crippen LogP contribution in [0.15, 0.2) is 4.99 Å². The minimum absolute atomic E-state index is 0.0564. The summed E-state index contributed by atoms with van der Waals surface area (Å²) in [6.45, 7) is 4.28. The van der Waals surface area contributed by atoms with E-state index in [4.69, 9.17) is 0 Å². The molecule has 2 saturated heterocycles. The van der Waals surface area contributed by atoms with Gasteiger partial charge in [0.1, 0.15) is 0 Å². The van der Waals surface area contributed by atoms with E-state index in [0.29, 0.717) is 32.0 Å². The Bertz CT molecular complexity index is 438. The lowest BCUT2D eigenvalue weighted by molar-refractivity contribution is -0.132. The first-order chi connectivity index (χ1) is 10.3. The van der Waals surface area contributed by atoms with Gasteiger partial charge in [-0.05, 0) is 19.8 Å². The fourth-order valence-electron chi connectivity index (χ4n) is 3.14. The second kappa shape index (κ2) is 6.75. The summed E-state index contributed by atoms with van der Waals surface area (Å²) in [5, 5.41) is 5.92. The summed E-state index contributed by atoms with van der Waals surface area (Å²) >= 11 is 0. The van der Waals surface area contributed by atoms with E-state index in [0.717, 1.165) is 19.4 Å². The predicted octanol–water partition coefficient (Wildman–Crippen LogP) is 1.51. The first-order valence-corrected chi connectivity index (χ1v) is 7.70. The van der Waals surface area contributed by atoms with E-state index < -0.39 is 12.6 Å². The number of guanidine groups is 1. The average Bonchev–Trinajstić information content (AvgIpc) is 2.77. The van der Waals surface area contributed by atoms with Crippen molar-refractivity contribution in [3.05, 3.63) is 0 Å². The molecule has 22 heavy (non-hydrogen) atoms. The number of nitrogens with one attached hydrogen (secondary N) is 2.